The van der Waals surface area contributed by atoms with Gasteiger partial charge in [-0.05, 0) is 67.6 Å². The Labute approximate surface area is 352 Å². The average molecular weight is 834 g/mol. The van der Waals surface area contributed by atoms with Gasteiger partial charge in [-0.15, -0.1) is 0 Å². The fourth-order valence-corrected chi connectivity index (χ4v) is 7.58. The lowest BCUT2D eigenvalue weighted by Crippen LogP contribution is -2.60. The van der Waals surface area contributed by atoms with Crippen LogP contribution in [-0.2, 0) is 20.7 Å². The molecule has 2 unspecified atom stereocenters. The minimum atomic E-state index is -1.62. The SMILES string of the molecule is CCCCCCCCCCCCCC[C@@H](O)[C@@H](O)[C@H](CO[C@H]1OC(CO)[C@H](O)C(O)[C@@H]1O)NC(=O)CCCCCCCCCCc1ccc(Oc2ccc(F)cc2)cc1. The van der Waals surface area contributed by atoms with Crippen LogP contribution in [0, 0.1) is 5.82 Å². The van der Waals surface area contributed by atoms with Crippen LogP contribution in [0.3, 0.4) is 0 Å². The maximum Gasteiger partial charge on any atom is 0.220 e. The first-order valence-electron chi connectivity index (χ1n) is 22.7. The quantitative estimate of drug-likeness (QED) is 0.0352. The molecule has 0 aliphatic carbocycles. The summed E-state index contributed by atoms with van der Waals surface area (Å²) in [4.78, 5) is 13.0. The van der Waals surface area contributed by atoms with Gasteiger partial charge in [0.05, 0.1) is 25.4 Å². The smallest absolute Gasteiger partial charge is 0.220 e. The first-order chi connectivity index (χ1) is 28.6. The summed E-state index contributed by atoms with van der Waals surface area (Å²) >= 11 is 0. The number of unbranched alkanes of at least 4 members (excludes halogenated alkanes) is 18. The Balaban J connectivity index is 1.32. The molecule has 336 valence electrons. The number of aryl methyl sites for hydroxylation is 1. The topological polar surface area (TPSA) is 178 Å². The first kappa shape index (κ1) is 50.7. The minimum absolute atomic E-state index is 0.242. The van der Waals surface area contributed by atoms with Crippen LogP contribution in [0.1, 0.15) is 154 Å². The van der Waals surface area contributed by atoms with E-state index in [1.165, 1.54) is 69.1 Å². The summed E-state index contributed by atoms with van der Waals surface area (Å²) < 4.78 is 30.0. The highest BCUT2D eigenvalue weighted by molar-refractivity contribution is 5.76. The molecule has 12 heteroatoms. The molecule has 8 atom stereocenters. The number of ether oxygens (including phenoxy) is 3. The van der Waals surface area contributed by atoms with E-state index in [9.17, 15) is 39.8 Å². The molecular weight excluding hydrogens is 758 g/mol. The highest BCUT2D eigenvalue weighted by Crippen LogP contribution is 2.24. The second-order valence-corrected chi connectivity index (χ2v) is 16.5. The third-order valence-electron chi connectivity index (χ3n) is 11.4. The number of nitrogens with one attached hydrogen (secondary N) is 1. The minimum Gasteiger partial charge on any atom is -0.457 e. The second kappa shape index (κ2) is 30.4. The highest BCUT2D eigenvalue weighted by atomic mass is 19.1. The fraction of sp³-hybridized carbons (Fsp3) is 0.723. The Hall–Kier alpha value is -2.68. The maximum absolute atomic E-state index is 13.1. The van der Waals surface area contributed by atoms with E-state index in [0.29, 0.717) is 18.6 Å². The van der Waals surface area contributed by atoms with Crippen molar-refractivity contribution in [2.75, 3.05) is 13.2 Å². The van der Waals surface area contributed by atoms with Crippen molar-refractivity contribution in [2.45, 2.75) is 204 Å². The summed E-state index contributed by atoms with van der Waals surface area (Å²) in [5, 5.41) is 65.2. The maximum atomic E-state index is 13.1. The van der Waals surface area contributed by atoms with Gasteiger partial charge in [-0.3, -0.25) is 4.79 Å². The molecule has 1 saturated heterocycles. The predicted octanol–water partition coefficient (Wildman–Crippen LogP) is 7.79. The summed E-state index contributed by atoms with van der Waals surface area (Å²) in [6, 6.07) is 12.9. The van der Waals surface area contributed by atoms with E-state index >= 15 is 0 Å². The van der Waals surface area contributed by atoms with Gasteiger partial charge in [0, 0.05) is 6.42 Å². The van der Waals surface area contributed by atoms with Gasteiger partial charge in [0.25, 0.3) is 0 Å². The van der Waals surface area contributed by atoms with Crippen LogP contribution in [0.2, 0.25) is 0 Å². The lowest BCUT2D eigenvalue weighted by atomic mass is 9.98. The number of hydrogen-bond donors (Lipinski definition) is 7. The lowest BCUT2D eigenvalue weighted by Gasteiger charge is -2.40. The lowest BCUT2D eigenvalue weighted by molar-refractivity contribution is -0.303. The van der Waals surface area contributed by atoms with Gasteiger partial charge in [-0.1, -0.05) is 135 Å². The van der Waals surface area contributed by atoms with E-state index in [1.807, 2.05) is 12.1 Å². The largest absolute Gasteiger partial charge is 0.457 e. The highest BCUT2D eigenvalue weighted by Gasteiger charge is 2.44. The van der Waals surface area contributed by atoms with Crippen LogP contribution in [0.4, 0.5) is 4.39 Å². The average Bonchev–Trinajstić information content (AvgIpc) is 3.24. The van der Waals surface area contributed by atoms with Gasteiger partial charge in [-0.2, -0.15) is 0 Å². The third-order valence-corrected chi connectivity index (χ3v) is 11.4. The molecule has 2 aromatic rings. The van der Waals surface area contributed by atoms with Gasteiger partial charge in [0.1, 0.15) is 47.8 Å². The number of benzene rings is 2. The molecule has 0 aromatic heterocycles. The number of carbonyl (C=O) groups is 1. The molecule has 1 amide bonds. The molecular formula is C47H76FNO10. The molecule has 2 aromatic carbocycles. The molecule has 1 aliphatic heterocycles. The Morgan fingerprint density at radius 2 is 1.20 bits per heavy atom. The van der Waals surface area contributed by atoms with Crippen molar-refractivity contribution in [1.29, 1.82) is 0 Å². The van der Waals surface area contributed by atoms with Crippen molar-refractivity contribution in [1.82, 2.24) is 5.32 Å². The number of amides is 1. The van der Waals surface area contributed by atoms with Gasteiger partial charge in [0.2, 0.25) is 5.91 Å². The van der Waals surface area contributed by atoms with Crippen molar-refractivity contribution >= 4 is 5.91 Å². The van der Waals surface area contributed by atoms with Gasteiger partial charge in [0.15, 0.2) is 6.29 Å². The zero-order chi connectivity index (χ0) is 42.7. The van der Waals surface area contributed by atoms with Crippen LogP contribution in [-0.4, -0.2) is 98.7 Å². The Bertz CT molecular complexity index is 1350. The van der Waals surface area contributed by atoms with Crippen molar-refractivity contribution < 1.29 is 54.0 Å². The zero-order valence-corrected chi connectivity index (χ0v) is 35.6. The summed E-state index contributed by atoms with van der Waals surface area (Å²) in [5.74, 6) is 0.728. The van der Waals surface area contributed by atoms with Gasteiger partial charge < -0.3 is 50.2 Å². The third kappa shape index (κ3) is 20.6. The normalized spacial score (nSPS) is 20.9. The summed E-state index contributed by atoms with van der Waals surface area (Å²) in [7, 11) is 0. The standard InChI is InChI=1S/C47H76FNO10/c1-2-3-4-5-6-7-8-9-10-14-17-20-23-40(51)43(53)39(34-57-47-46(56)45(55)44(54)41(33-50)59-47)49-42(52)24-21-18-15-12-11-13-16-19-22-35-25-29-37(30-26-35)58-38-31-27-36(48)28-32-38/h25-32,39-41,43-47,50-51,53-56H,2-24,33-34H2,1H3,(H,49,52)/t39-,40+,41?,43-,44-,45?,46-,47-/m0/s1. The molecule has 1 fully saturated rings. The zero-order valence-electron chi connectivity index (χ0n) is 35.6. The first-order valence-corrected chi connectivity index (χ1v) is 22.7. The van der Waals surface area contributed by atoms with Crippen LogP contribution >= 0.6 is 0 Å². The Morgan fingerprint density at radius 1 is 0.695 bits per heavy atom. The molecule has 3 rings (SSSR count). The number of hydrogen-bond acceptors (Lipinski definition) is 10. The monoisotopic (exact) mass is 834 g/mol. The van der Waals surface area contributed by atoms with E-state index in [0.717, 1.165) is 82.8 Å². The van der Waals surface area contributed by atoms with Crippen molar-refractivity contribution in [3.8, 4) is 11.5 Å². The number of halogens is 1. The summed E-state index contributed by atoms with van der Waals surface area (Å²) in [6.45, 7) is 1.29. The van der Waals surface area contributed by atoms with Crippen LogP contribution in [0.15, 0.2) is 48.5 Å². The molecule has 1 heterocycles. The number of rotatable bonds is 33. The summed E-state index contributed by atoms with van der Waals surface area (Å²) in [5.41, 5.74) is 1.25. The van der Waals surface area contributed by atoms with E-state index in [1.54, 1.807) is 12.1 Å². The summed E-state index contributed by atoms with van der Waals surface area (Å²) in [6.07, 6.45) is 14.1. The molecule has 0 saturated carbocycles. The molecule has 1 aliphatic rings. The number of carbonyl (C=O) groups excluding carboxylic acids is 1. The molecule has 0 radical (unpaired) electrons. The van der Waals surface area contributed by atoms with Crippen molar-refractivity contribution in [2.24, 2.45) is 0 Å². The molecule has 7 N–H and O–H groups in total. The number of aliphatic hydroxyl groups is 6. The van der Waals surface area contributed by atoms with Gasteiger partial charge in [-0.25, -0.2) is 4.39 Å². The van der Waals surface area contributed by atoms with Crippen molar-refractivity contribution in [3.63, 3.8) is 0 Å². The van der Waals surface area contributed by atoms with Crippen molar-refractivity contribution in [3.05, 3.63) is 59.9 Å². The van der Waals surface area contributed by atoms with E-state index in [2.05, 4.69) is 24.4 Å². The Kier molecular flexibility index (Phi) is 26.1. The Morgan fingerprint density at radius 3 is 1.76 bits per heavy atom. The molecule has 59 heavy (non-hydrogen) atoms. The predicted molar refractivity (Wildman–Crippen MR) is 228 cm³/mol. The number of aliphatic hydroxyl groups excluding tert-OH is 6. The van der Waals surface area contributed by atoms with E-state index in [4.69, 9.17) is 14.2 Å². The molecule has 0 spiro atoms. The second-order valence-electron chi connectivity index (χ2n) is 16.5. The molecule has 0 bridgehead atoms. The van der Waals surface area contributed by atoms with E-state index in [-0.39, 0.29) is 24.8 Å². The molecule has 11 nitrogen and oxygen atoms in total. The van der Waals surface area contributed by atoms with Crippen LogP contribution < -0.4 is 10.1 Å². The van der Waals surface area contributed by atoms with Gasteiger partial charge >= 0.3 is 0 Å². The van der Waals surface area contributed by atoms with Crippen LogP contribution in [0.25, 0.3) is 0 Å². The fourth-order valence-electron chi connectivity index (χ4n) is 7.58. The van der Waals surface area contributed by atoms with Crippen LogP contribution in [0.5, 0.6) is 11.5 Å². The van der Waals surface area contributed by atoms with E-state index < -0.39 is 55.6 Å².